The van der Waals surface area contributed by atoms with E-state index in [4.69, 9.17) is 4.52 Å². The number of nitrogens with one attached hydrogen (secondary N) is 1. The maximum absolute atomic E-state index is 12.2. The van der Waals surface area contributed by atoms with Gasteiger partial charge >= 0.3 is 0 Å². The normalized spacial score (nSPS) is 14.4. The van der Waals surface area contributed by atoms with Crippen molar-refractivity contribution in [3.8, 4) is 0 Å². The fourth-order valence-corrected chi connectivity index (χ4v) is 3.52. The molecule has 0 atom stereocenters. The molecule has 1 N–H and O–H groups in total. The first-order chi connectivity index (χ1) is 9.54. The van der Waals surface area contributed by atoms with E-state index in [-0.39, 0.29) is 6.54 Å². The highest BCUT2D eigenvalue weighted by molar-refractivity contribution is 7.89. The number of nitrogens with zero attached hydrogens (tertiary/aromatic N) is 1. The highest BCUT2D eigenvalue weighted by Gasteiger charge is 2.18. The predicted molar refractivity (Wildman–Crippen MR) is 73.7 cm³/mol. The molecule has 0 amide bonds. The average Bonchev–Trinajstić information content (AvgIpc) is 3.04. The summed E-state index contributed by atoms with van der Waals surface area (Å²) in [6.07, 6.45) is 3.10. The summed E-state index contributed by atoms with van der Waals surface area (Å²) in [6, 6.07) is 7.07. The first-order valence-corrected chi connectivity index (χ1v) is 8.06. The lowest BCUT2D eigenvalue weighted by atomic mass is 10.1. The smallest absolute Gasteiger partial charge is 0.240 e. The molecule has 6 heteroatoms. The fraction of sp³-hybridized carbons (Fsp3) is 0.357. The molecule has 106 valence electrons. The molecule has 0 saturated carbocycles. The first-order valence-electron chi connectivity index (χ1n) is 6.58. The van der Waals surface area contributed by atoms with E-state index in [0.717, 1.165) is 24.8 Å². The molecule has 0 fully saturated rings. The van der Waals surface area contributed by atoms with Crippen LogP contribution in [-0.2, 0) is 29.4 Å². The van der Waals surface area contributed by atoms with Gasteiger partial charge in [-0.1, -0.05) is 11.2 Å². The van der Waals surface area contributed by atoms with Gasteiger partial charge in [0.15, 0.2) is 0 Å². The van der Waals surface area contributed by atoms with Gasteiger partial charge in [-0.2, -0.15) is 0 Å². The molecule has 0 spiro atoms. The highest BCUT2D eigenvalue weighted by atomic mass is 32.2. The number of aryl methyl sites for hydroxylation is 3. The van der Waals surface area contributed by atoms with E-state index in [1.54, 1.807) is 25.1 Å². The van der Waals surface area contributed by atoms with Crippen molar-refractivity contribution in [1.82, 2.24) is 9.88 Å². The van der Waals surface area contributed by atoms with Gasteiger partial charge in [0.1, 0.15) is 5.76 Å². The van der Waals surface area contributed by atoms with Crippen molar-refractivity contribution in [3.05, 3.63) is 46.8 Å². The Bertz CT molecular complexity index is 735. The van der Waals surface area contributed by atoms with Crippen LogP contribution in [0.4, 0.5) is 0 Å². The van der Waals surface area contributed by atoms with Crippen LogP contribution in [0.3, 0.4) is 0 Å². The Labute approximate surface area is 118 Å². The van der Waals surface area contributed by atoms with Crippen LogP contribution in [0, 0.1) is 6.92 Å². The molecule has 1 aliphatic carbocycles. The minimum Gasteiger partial charge on any atom is -0.361 e. The first kappa shape index (κ1) is 13.3. The Morgan fingerprint density at radius 3 is 2.80 bits per heavy atom. The van der Waals surface area contributed by atoms with Gasteiger partial charge in [-0.05, 0) is 49.4 Å². The van der Waals surface area contributed by atoms with Gasteiger partial charge in [0.2, 0.25) is 10.0 Å². The van der Waals surface area contributed by atoms with Crippen LogP contribution in [0.15, 0.2) is 33.7 Å². The van der Waals surface area contributed by atoms with Gasteiger partial charge in [-0.3, -0.25) is 0 Å². The molecule has 0 saturated heterocycles. The van der Waals surface area contributed by atoms with Crippen molar-refractivity contribution >= 4 is 10.0 Å². The van der Waals surface area contributed by atoms with E-state index < -0.39 is 10.0 Å². The molecule has 1 aromatic carbocycles. The molecular weight excluding hydrogens is 276 g/mol. The highest BCUT2D eigenvalue weighted by Crippen LogP contribution is 2.24. The lowest BCUT2D eigenvalue weighted by Crippen LogP contribution is -2.23. The maximum atomic E-state index is 12.2. The summed E-state index contributed by atoms with van der Waals surface area (Å²) in [4.78, 5) is 0.318. The summed E-state index contributed by atoms with van der Waals surface area (Å²) >= 11 is 0. The summed E-state index contributed by atoms with van der Waals surface area (Å²) in [6.45, 7) is 1.91. The van der Waals surface area contributed by atoms with E-state index in [0.29, 0.717) is 16.3 Å². The van der Waals surface area contributed by atoms with Gasteiger partial charge in [0.05, 0.1) is 17.1 Å². The molecule has 0 radical (unpaired) electrons. The number of benzene rings is 1. The van der Waals surface area contributed by atoms with Gasteiger partial charge in [-0.15, -0.1) is 0 Å². The number of fused-ring (bicyclic) bond motifs is 1. The summed E-state index contributed by atoms with van der Waals surface area (Å²) in [7, 11) is -3.50. The minimum absolute atomic E-state index is 0.136. The quantitative estimate of drug-likeness (QED) is 0.935. The minimum atomic E-state index is -3.50. The van der Waals surface area contributed by atoms with Crippen LogP contribution in [0.2, 0.25) is 0 Å². The van der Waals surface area contributed by atoms with E-state index >= 15 is 0 Å². The van der Waals surface area contributed by atoms with E-state index in [1.807, 2.05) is 6.07 Å². The third kappa shape index (κ3) is 2.62. The lowest BCUT2D eigenvalue weighted by molar-refractivity contribution is 0.390. The molecule has 0 unspecified atom stereocenters. The molecular formula is C14H16N2O3S. The zero-order chi connectivity index (χ0) is 14.2. The molecule has 20 heavy (non-hydrogen) atoms. The molecule has 5 nitrogen and oxygen atoms in total. The summed E-state index contributed by atoms with van der Waals surface area (Å²) < 4.78 is 31.9. The SMILES string of the molecule is Cc1cc(CNS(=O)(=O)c2ccc3c(c2)CCC3)no1. The Morgan fingerprint density at radius 1 is 1.25 bits per heavy atom. The van der Waals surface area contributed by atoms with Crippen LogP contribution in [0.1, 0.15) is 29.0 Å². The van der Waals surface area contributed by atoms with Crippen molar-refractivity contribution in [2.24, 2.45) is 0 Å². The predicted octanol–water partition coefficient (Wildman–Crippen LogP) is 1.95. The van der Waals surface area contributed by atoms with Gasteiger partial charge in [-0.25, -0.2) is 13.1 Å². The van der Waals surface area contributed by atoms with Crippen molar-refractivity contribution in [2.75, 3.05) is 0 Å². The van der Waals surface area contributed by atoms with E-state index in [1.165, 1.54) is 5.56 Å². The molecule has 1 heterocycles. The number of hydrogen-bond donors (Lipinski definition) is 1. The molecule has 1 aliphatic rings. The van der Waals surface area contributed by atoms with Crippen molar-refractivity contribution in [2.45, 2.75) is 37.6 Å². The second-order valence-electron chi connectivity index (χ2n) is 5.04. The summed E-state index contributed by atoms with van der Waals surface area (Å²) in [5, 5.41) is 3.77. The Hall–Kier alpha value is -1.66. The molecule has 0 aliphatic heterocycles. The van der Waals surface area contributed by atoms with Crippen LogP contribution in [0.25, 0.3) is 0 Å². The van der Waals surface area contributed by atoms with Crippen molar-refractivity contribution in [3.63, 3.8) is 0 Å². The maximum Gasteiger partial charge on any atom is 0.240 e. The third-order valence-electron chi connectivity index (χ3n) is 3.50. The number of sulfonamides is 1. The van der Waals surface area contributed by atoms with Crippen LogP contribution in [0.5, 0.6) is 0 Å². The van der Waals surface area contributed by atoms with Gasteiger partial charge in [0, 0.05) is 6.07 Å². The van der Waals surface area contributed by atoms with Crippen molar-refractivity contribution < 1.29 is 12.9 Å². The largest absolute Gasteiger partial charge is 0.361 e. The Kier molecular flexibility index (Phi) is 3.35. The Morgan fingerprint density at radius 2 is 2.05 bits per heavy atom. The topological polar surface area (TPSA) is 72.2 Å². The molecule has 3 rings (SSSR count). The standard InChI is InChI=1S/C14H16N2O3S/c1-10-7-13(16-19-10)9-15-20(17,18)14-6-5-11-3-2-4-12(11)8-14/h5-8,15H,2-4,9H2,1H3. The van der Waals surface area contributed by atoms with Gasteiger partial charge in [0.25, 0.3) is 0 Å². The van der Waals surface area contributed by atoms with Crippen LogP contribution < -0.4 is 4.72 Å². The molecule has 0 bridgehead atoms. The average molecular weight is 292 g/mol. The molecule has 1 aromatic heterocycles. The third-order valence-corrected chi connectivity index (χ3v) is 4.90. The zero-order valence-corrected chi connectivity index (χ0v) is 12.0. The fourth-order valence-electron chi connectivity index (χ4n) is 2.47. The second-order valence-corrected chi connectivity index (χ2v) is 6.80. The number of hydrogen-bond acceptors (Lipinski definition) is 4. The summed E-state index contributed by atoms with van der Waals surface area (Å²) in [5.74, 6) is 0.664. The summed E-state index contributed by atoms with van der Waals surface area (Å²) in [5.41, 5.74) is 2.98. The van der Waals surface area contributed by atoms with E-state index in [2.05, 4.69) is 9.88 Å². The zero-order valence-electron chi connectivity index (χ0n) is 11.2. The van der Waals surface area contributed by atoms with Crippen molar-refractivity contribution in [1.29, 1.82) is 0 Å². The number of aromatic nitrogens is 1. The number of rotatable bonds is 4. The van der Waals surface area contributed by atoms with Crippen LogP contribution >= 0.6 is 0 Å². The van der Waals surface area contributed by atoms with Gasteiger partial charge < -0.3 is 4.52 Å². The van der Waals surface area contributed by atoms with Crippen LogP contribution in [-0.4, -0.2) is 13.6 Å². The Balaban J connectivity index is 1.78. The second kappa shape index (κ2) is 5.03. The lowest BCUT2D eigenvalue weighted by Gasteiger charge is -2.07. The molecule has 2 aromatic rings. The van der Waals surface area contributed by atoms with E-state index in [9.17, 15) is 8.42 Å². The monoisotopic (exact) mass is 292 g/mol.